The van der Waals surface area contributed by atoms with E-state index in [1.165, 1.54) is 5.56 Å². The van der Waals surface area contributed by atoms with E-state index >= 15 is 0 Å². The molecule has 4 nitrogen and oxygen atoms in total. The van der Waals surface area contributed by atoms with Gasteiger partial charge in [0.2, 0.25) is 0 Å². The lowest BCUT2D eigenvalue weighted by molar-refractivity contribution is 0.102. The Hall–Kier alpha value is -2.40. The van der Waals surface area contributed by atoms with Gasteiger partial charge in [-0.3, -0.25) is 4.79 Å². The molecule has 2 aromatic carbocycles. The quantitative estimate of drug-likeness (QED) is 0.655. The first-order valence-electron chi connectivity index (χ1n) is 9.15. The molecule has 0 bridgehead atoms. The van der Waals surface area contributed by atoms with Crippen LogP contribution in [0.1, 0.15) is 62.5 Å². The number of benzene rings is 2. The molecule has 2 rings (SSSR count). The van der Waals surface area contributed by atoms with Crippen molar-refractivity contribution >= 4 is 28.9 Å². The highest BCUT2D eigenvalue weighted by atomic mass is 32.1. The van der Waals surface area contributed by atoms with Crippen molar-refractivity contribution in [3.8, 4) is 0 Å². The second-order valence-corrected chi connectivity index (χ2v) is 8.48. The molecule has 0 aliphatic rings. The molecule has 0 aliphatic heterocycles. The lowest BCUT2D eigenvalue weighted by Crippen LogP contribution is -2.45. The molecule has 1 amide bonds. The molecule has 0 saturated carbocycles. The van der Waals surface area contributed by atoms with Gasteiger partial charge < -0.3 is 16.4 Å². The van der Waals surface area contributed by atoms with Gasteiger partial charge >= 0.3 is 0 Å². The summed E-state index contributed by atoms with van der Waals surface area (Å²) in [5.41, 5.74) is 8.93. The first-order chi connectivity index (χ1) is 12.5. The highest BCUT2D eigenvalue weighted by molar-refractivity contribution is 7.80. The molecule has 0 spiro atoms. The van der Waals surface area contributed by atoms with E-state index < -0.39 is 0 Å². The second-order valence-electron chi connectivity index (χ2n) is 8.04. The van der Waals surface area contributed by atoms with Crippen molar-refractivity contribution in [3.05, 3.63) is 65.2 Å². The summed E-state index contributed by atoms with van der Waals surface area (Å²) in [6.07, 6.45) is 0.802. The van der Waals surface area contributed by atoms with Crippen LogP contribution in [0.3, 0.4) is 0 Å². The van der Waals surface area contributed by atoms with Gasteiger partial charge in [0.1, 0.15) is 0 Å². The number of thiocarbonyl (C=S) groups is 1. The van der Waals surface area contributed by atoms with E-state index in [9.17, 15) is 4.79 Å². The first kappa shape index (κ1) is 20.9. The van der Waals surface area contributed by atoms with Gasteiger partial charge in [-0.2, -0.15) is 0 Å². The summed E-state index contributed by atoms with van der Waals surface area (Å²) in [6, 6.07) is 15.5. The molecule has 1 atom stereocenters. The minimum absolute atomic E-state index is 0.0600. The number of hydrogen-bond acceptors (Lipinski definition) is 2. The summed E-state index contributed by atoms with van der Waals surface area (Å²) in [5, 5.41) is 6.38. The molecule has 0 aromatic heterocycles. The summed E-state index contributed by atoms with van der Waals surface area (Å²) in [4.78, 5) is 12.6. The van der Waals surface area contributed by atoms with Gasteiger partial charge in [0.05, 0.1) is 5.54 Å². The Balaban J connectivity index is 2.20. The van der Waals surface area contributed by atoms with Crippen LogP contribution >= 0.6 is 12.2 Å². The predicted octanol–water partition coefficient (Wildman–Crippen LogP) is 4.69. The molecule has 27 heavy (non-hydrogen) atoms. The van der Waals surface area contributed by atoms with Gasteiger partial charge in [0.15, 0.2) is 5.11 Å². The molecule has 144 valence electrons. The van der Waals surface area contributed by atoms with Crippen LogP contribution in [0, 0.1) is 0 Å². The summed E-state index contributed by atoms with van der Waals surface area (Å²) in [6.45, 7) is 10.6. The Morgan fingerprint density at radius 3 is 2.19 bits per heavy atom. The lowest BCUT2D eigenvalue weighted by atomic mass is 9.86. The Morgan fingerprint density at radius 1 is 1.04 bits per heavy atom. The van der Waals surface area contributed by atoms with Crippen LogP contribution in [0.4, 0.5) is 5.69 Å². The topological polar surface area (TPSA) is 67.2 Å². The number of amides is 1. The van der Waals surface area contributed by atoms with Crippen LogP contribution < -0.4 is 16.4 Å². The monoisotopic (exact) mass is 383 g/mol. The molecule has 0 saturated heterocycles. The largest absolute Gasteiger partial charge is 0.376 e. The fraction of sp³-hybridized carbons (Fsp3) is 0.364. The summed E-state index contributed by atoms with van der Waals surface area (Å²) in [5.74, 6) is -0.131. The van der Waals surface area contributed by atoms with Crippen molar-refractivity contribution in [2.75, 3.05) is 5.32 Å². The van der Waals surface area contributed by atoms with Crippen molar-refractivity contribution in [3.63, 3.8) is 0 Å². The lowest BCUT2D eigenvalue weighted by Gasteiger charge is -2.31. The molecule has 2 aromatic rings. The Labute approximate surface area is 167 Å². The zero-order valence-electron chi connectivity index (χ0n) is 16.7. The van der Waals surface area contributed by atoms with E-state index in [0.29, 0.717) is 5.56 Å². The number of hydrogen-bond donors (Lipinski definition) is 3. The predicted molar refractivity (Wildman–Crippen MR) is 117 cm³/mol. The van der Waals surface area contributed by atoms with E-state index in [1.54, 1.807) is 0 Å². The fourth-order valence-electron chi connectivity index (χ4n) is 2.90. The van der Waals surface area contributed by atoms with E-state index in [4.69, 9.17) is 18.0 Å². The molecule has 0 fully saturated rings. The van der Waals surface area contributed by atoms with Crippen molar-refractivity contribution in [1.29, 1.82) is 0 Å². The van der Waals surface area contributed by atoms with Crippen LogP contribution in [0.5, 0.6) is 0 Å². The standard InChI is InChI=1S/C22H29N3OS/c1-6-22(5,25-20(23)27)17-8-7-9-18(14-17)24-19(26)15-10-12-16(13-11-15)21(2,3)4/h7-14H,6H2,1-5H3,(H,24,26)(H3,23,25,27). The highest BCUT2D eigenvalue weighted by Crippen LogP contribution is 2.27. The number of nitrogens with two attached hydrogens (primary N) is 1. The van der Waals surface area contributed by atoms with E-state index in [0.717, 1.165) is 17.7 Å². The van der Waals surface area contributed by atoms with Gasteiger partial charge in [-0.1, -0.05) is 52.0 Å². The van der Waals surface area contributed by atoms with Crippen LogP contribution in [0.15, 0.2) is 48.5 Å². The Morgan fingerprint density at radius 2 is 1.67 bits per heavy atom. The molecular weight excluding hydrogens is 354 g/mol. The maximum atomic E-state index is 12.6. The van der Waals surface area contributed by atoms with Gasteiger partial charge in [-0.25, -0.2) is 0 Å². The molecule has 0 aliphatic carbocycles. The maximum absolute atomic E-state index is 12.6. The average molecular weight is 384 g/mol. The number of rotatable bonds is 5. The van der Waals surface area contributed by atoms with Gasteiger partial charge in [-0.05, 0) is 66.4 Å². The van der Waals surface area contributed by atoms with Gasteiger partial charge in [-0.15, -0.1) is 0 Å². The van der Waals surface area contributed by atoms with Crippen molar-refractivity contribution in [2.45, 2.75) is 52.0 Å². The van der Waals surface area contributed by atoms with Crippen molar-refractivity contribution in [2.24, 2.45) is 5.73 Å². The van der Waals surface area contributed by atoms with Crippen molar-refractivity contribution < 1.29 is 4.79 Å². The average Bonchev–Trinajstić information content (AvgIpc) is 2.60. The third-order valence-corrected chi connectivity index (χ3v) is 4.98. The normalized spacial score (nSPS) is 13.5. The molecule has 5 heteroatoms. The zero-order chi connectivity index (χ0) is 20.2. The number of carbonyl (C=O) groups excluding carboxylic acids is 1. The van der Waals surface area contributed by atoms with Crippen LogP contribution in [-0.4, -0.2) is 11.0 Å². The van der Waals surface area contributed by atoms with Crippen molar-refractivity contribution in [1.82, 2.24) is 5.32 Å². The number of anilines is 1. The van der Waals surface area contributed by atoms with Gasteiger partial charge in [0.25, 0.3) is 5.91 Å². The van der Waals surface area contributed by atoms with Crippen LogP contribution in [0.25, 0.3) is 0 Å². The Kier molecular flexibility index (Phi) is 6.26. The van der Waals surface area contributed by atoms with Crippen LogP contribution in [-0.2, 0) is 11.0 Å². The Bertz CT molecular complexity index is 824. The highest BCUT2D eigenvalue weighted by Gasteiger charge is 2.25. The molecular formula is C22H29N3OS. The second kappa shape index (κ2) is 8.09. The SMILES string of the molecule is CCC(C)(NC(N)=S)c1cccc(NC(=O)c2ccc(C(C)(C)C)cc2)c1. The fourth-order valence-corrected chi connectivity index (χ4v) is 3.13. The molecule has 0 radical (unpaired) electrons. The molecule has 1 unspecified atom stereocenters. The van der Waals surface area contributed by atoms with E-state index in [-0.39, 0.29) is 22.0 Å². The van der Waals surface area contributed by atoms with E-state index in [1.807, 2.05) is 55.5 Å². The molecule has 0 heterocycles. The number of carbonyl (C=O) groups is 1. The number of nitrogens with one attached hydrogen (secondary N) is 2. The maximum Gasteiger partial charge on any atom is 0.255 e. The van der Waals surface area contributed by atoms with Crippen LogP contribution in [0.2, 0.25) is 0 Å². The minimum Gasteiger partial charge on any atom is -0.376 e. The smallest absolute Gasteiger partial charge is 0.255 e. The zero-order valence-corrected chi connectivity index (χ0v) is 17.5. The summed E-state index contributed by atoms with van der Waals surface area (Å²) in [7, 11) is 0. The third kappa shape index (κ3) is 5.30. The summed E-state index contributed by atoms with van der Waals surface area (Å²) < 4.78 is 0. The van der Waals surface area contributed by atoms with E-state index in [2.05, 4.69) is 38.3 Å². The first-order valence-corrected chi connectivity index (χ1v) is 9.56. The minimum atomic E-state index is -0.388. The third-order valence-electron chi connectivity index (χ3n) is 4.88. The summed E-state index contributed by atoms with van der Waals surface area (Å²) >= 11 is 5.01. The molecule has 4 N–H and O–H groups in total. The van der Waals surface area contributed by atoms with Gasteiger partial charge in [0, 0.05) is 11.3 Å².